The first-order chi connectivity index (χ1) is 13.2. The predicted molar refractivity (Wildman–Crippen MR) is 104 cm³/mol. The number of carbonyl (C=O) groups excluding carboxylic acids is 1. The Morgan fingerprint density at radius 3 is 2.26 bits per heavy atom. The molecule has 1 amide bonds. The van der Waals surface area contributed by atoms with Gasteiger partial charge in [-0.25, -0.2) is 0 Å². The van der Waals surface area contributed by atoms with Crippen molar-refractivity contribution >= 4 is 11.6 Å². The van der Waals surface area contributed by atoms with Gasteiger partial charge in [0.1, 0.15) is 18.1 Å². The molecule has 1 fully saturated rings. The molecule has 1 N–H and O–H groups in total. The zero-order valence-corrected chi connectivity index (χ0v) is 15.6. The van der Waals surface area contributed by atoms with Crippen LogP contribution in [0, 0.1) is 0 Å². The molecule has 0 spiro atoms. The Balaban J connectivity index is 1.47. The van der Waals surface area contributed by atoms with E-state index in [1.807, 2.05) is 41.3 Å². The van der Waals surface area contributed by atoms with Crippen molar-refractivity contribution in [3.8, 4) is 11.5 Å². The van der Waals surface area contributed by atoms with Crippen molar-refractivity contribution in [2.24, 2.45) is 0 Å². The Morgan fingerprint density at radius 2 is 1.63 bits per heavy atom. The summed E-state index contributed by atoms with van der Waals surface area (Å²) in [5.74, 6) is 1.20. The summed E-state index contributed by atoms with van der Waals surface area (Å²) in [7, 11) is 1.64. The van der Waals surface area contributed by atoms with E-state index in [9.17, 15) is 9.90 Å². The summed E-state index contributed by atoms with van der Waals surface area (Å²) in [5.41, 5.74) is 2.06. The number of hydrogen-bond donors (Lipinski definition) is 1. The Labute approximate surface area is 159 Å². The maximum absolute atomic E-state index is 12.6. The molecule has 0 atom stereocenters. The lowest BCUT2D eigenvalue weighted by Gasteiger charge is -2.36. The van der Waals surface area contributed by atoms with Gasteiger partial charge >= 0.3 is 0 Å². The third kappa shape index (κ3) is 5.37. The lowest BCUT2D eigenvalue weighted by atomic mass is 10.1. The Bertz CT molecular complexity index is 723. The van der Waals surface area contributed by atoms with Crippen LogP contribution in [0.5, 0.6) is 11.5 Å². The van der Waals surface area contributed by atoms with Crippen molar-refractivity contribution in [3.05, 3.63) is 54.1 Å². The minimum absolute atomic E-state index is 0.147. The summed E-state index contributed by atoms with van der Waals surface area (Å²) in [6.07, 6.45) is 0.400. The number of phenols is 1. The number of phenolic OH excluding ortho intramolecular Hbond substituents is 1. The van der Waals surface area contributed by atoms with Gasteiger partial charge in [0, 0.05) is 39.0 Å². The lowest BCUT2D eigenvalue weighted by molar-refractivity contribution is -0.130. The molecule has 6 heteroatoms. The SMILES string of the molecule is COCCOc1ccc(CC(=O)N2CCN(c3ccc(O)cc3)CC2)cc1. The highest BCUT2D eigenvalue weighted by Crippen LogP contribution is 2.20. The number of piperazine rings is 1. The van der Waals surface area contributed by atoms with Crippen LogP contribution in [0.4, 0.5) is 5.69 Å². The maximum atomic E-state index is 12.6. The van der Waals surface area contributed by atoms with Crippen LogP contribution in [0.2, 0.25) is 0 Å². The fourth-order valence-corrected chi connectivity index (χ4v) is 3.11. The van der Waals surface area contributed by atoms with Crippen molar-refractivity contribution in [1.82, 2.24) is 4.90 Å². The van der Waals surface area contributed by atoms with E-state index < -0.39 is 0 Å². The first kappa shape index (κ1) is 19.0. The van der Waals surface area contributed by atoms with Crippen LogP contribution in [-0.4, -0.2) is 62.4 Å². The Hall–Kier alpha value is -2.73. The second kappa shape index (κ2) is 9.28. The van der Waals surface area contributed by atoms with E-state index in [1.54, 1.807) is 19.2 Å². The van der Waals surface area contributed by atoms with Crippen LogP contribution >= 0.6 is 0 Å². The quantitative estimate of drug-likeness (QED) is 0.758. The molecule has 1 saturated heterocycles. The molecule has 0 aliphatic carbocycles. The first-order valence-electron chi connectivity index (χ1n) is 9.18. The van der Waals surface area contributed by atoms with Crippen molar-refractivity contribution in [1.29, 1.82) is 0 Å². The normalized spacial score (nSPS) is 14.3. The van der Waals surface area contributed by atoms with Crippen molar-refractivity contribution in [3.63, 3.8) is 0 Å². The molecule has 2 aromatic carbocycles. The molecule has 0 saturated carbocycles. The number of benzene rings is 2. The van der Waals surface area contributed by atoms with Gasteiger partial charge in [0.05, 0.1) is 13.0 Å². The number of aromatic hydroxyl groups is 1. The standard InChI is InChI=1S/C21H26N2O4/c1-26-14-15-27-20-8-2-17(3-9-20)16-21(25)23-12-10-22(11-13-23)18-4-6-19(24)7-5-18/h2-9,24H,10-16H2,1H3. The molecule has 2 aromatic rings. The molecule has 1 aliphatic rings. The molecule has 1 aliphatic heterocycles. The first-order valence-corrected chi connectivity index (χ1v) is 9.18. The van der Waals surface area contributed by atoms with E-state index in [0.29, 0.717) is 32.7 Å². The summed E-state index contributed by atoms with van der Waals surface area (Å²) in [5, 5.41) is 9.40. The Morgan fingerprint density at radius 1 is 0.963 bits per heavy atom. The van der Waals surface area contributed by atoms with Crippen LogP contribution in [-0.2, 0) is 16.0 Å². The molecule has 6 nitrogen and oxygen atoms in total. The third-order valence-electron chi connectivity index (χ3n) is 4.68. The predicted octanol–water partition coefficient (Wildman–Crippen LogP) is 2.31. The third-order valence-corrected chi connectivity index (χ3v) is 4.68. The number of hydrogen-bond acceptors (Lipinski definition) is 5. The maximum Gasteiger partial charge on any atom is 0.227 e. The monoisotopic (exact) mass is 370 g/mol. The highest BCUT2D eigenvalue weighted by molar-refractivity contribution is 5.79. The summed E-state index contributed by atoms with van der Waals surface area (Å²) < 4.78 is 10.5. The van der Waals surface area contributed by atoms with E-state index >= 15 is 0 Å². The average molecular weight is 370 g/mol. The van der Waals surface area contributed by atoms with Crippen LogP contribution < -0.4 is 9.64 Å². The smallest absolute Gasteiger partial charge is 0.227 e. The van der Waals surface area contributed by atoms with Gasteiger partial charge in [-0.3, -0.25) is 4.79 Å². The van der Waals surface area contributed by atoms with Gasteiger partial charge in [0.25, 0.3) is 0 Å². The zero-order valence-electron chi connectivity index (χ0n) is 15.6. The topological polar surface area (TPSA) is 62.2 Å². The minimum atomic E-state index is 0.147. The largest absolute Gasteiger partial charge is 0.508 e. The van der Waals surface area contributed by atoms with E-state index in [4.69, 9.17) is 9.47 Å². The molecule has 27 heavy (non-hydrogen) atoms. The fraction of sp³-hybridized carbons (Fsp3) is 0.381. The number of carbonyl (C=O) groups is 1. The molecule has 3 rings (SSSR count). The molecular formula is C21H26N2O4. The zero-order chi connectivity index (χ0) is 19.1. The van der Waals surface area contributed by atoms with Gasteiger partial charge in [-0.15, -0.1) is 0 Å². The van der Waals surface area contributed by atoms with Gasteiger partial charge in [-0.1, -0.05) is 12.1 Å². The van der Waals surface area contributed by atoms with Gasteiger partial charge in [-0.05, 0) is 42.0 Å². The highest BCUT2D eigenvalue weighted by Gasteiger charge is 2.21. The molecule has 0 aromatic heterocycles. The van der Waals surface area contributed by atoms with Crippen molar-refractivity contribution < 1.29 is 19.4 Å². The number of amides is 1. The average Bonchev–Trinajstić information content (AvgIpc) is 2.70. The number of rotatable bonds is 7. The van der Waals surface area contributed by atoms with Crippen LogP contribution in [0.3, 0.4) is 0 Å². The minimum Gasteiger partial charge on any atom is -0.508 e. The van der Waals surface area contributed by atoms with E-state index in [2.05, 4.69) is 4.90 Å². The fourth-order valence-electron chi connectivity index (χ4n) is 3.11. The van der Waals surface area contributed by atoms with E-state index in [1.165, 1.54) is 0 Å². The number of anilines is 1. The second-order valence-electron chi connectivity index (χ2n) is 6.55. The lowest BCUT2D eigenvalue weighted by Crippen LogP contribution is -2.49. The molecule has 0 unspecified atom stereocenters. The second-order valence-corrected chi connectivity index (χ2v) is 6.55. The number of ether oxygens (including phenoxy) is 2. The molecule has 144 valence electrons. The number of nitrogens with zero attached hydrogens (tertiary/aromatic N) is 2. The molecular weight excluding hydrogens is 344 g/mol. The Kier molecular flexibility index (Phi) is 6.54. The molecule has 0 radical (unpaired) electrons. The summed E-state index contributed by atoms with van der Waals surface area (Å²) >= 11 is 0. The van der Waals surface area contributed by atoms with Crippen LogP contribution in [0.25, 0.3) is 0 Å². The summed E-state index contributed by atoms with van der Waals surface area (Å²) in [6, 6.07) is 14.8. The van der Waals surface area contributed by atoms with Gasteiger partial charge < -0.3 is 24.4 Å². The van der Waals surface area contributed by atoms with Gasteiger partial charge in [0.2, 0.25) is 5.91 Å². The molecule has 0 bridgehead atoms. The summed E-state index contributed by atoms with van der Waals surface area (Å²) in [4.78, 5) is 16.7. The van der Waals surface area contributed by atoms with Gasteiger partial charge in [0.15, 0.2) is 0 Å². The van der Waals surface area contributed by atoms with E-state index in [-0.39, 0.29) is 11.7 Å². The van der Waals surface area contributed by atoms with Crippen molar-refractivity contribution in [2.45, 2.75) is 6.42 Å². The van der Waals surface area contributed by atoms with E-state index in [0.717, 1.165) is 30.1 Å². The number of methoxy groups -OCH3 is 1. The van der Waals surface area contributed by atoms with Gasteiger partial charge in [-0.2, -0.15) is 0 Å². The molecule has 1 heterocycles. The summed E-state index contributed by atoms with van der Waals surface area (Å²) in [6.45, 7) is 4.07. The van der Waals surface area contributed by atoms with Crippen molar-refractivity contribution in [2.75, 3.05) is 51.4 Å². The van der Waals surface area contributed by atoms with Crippen LogP contribution in [0.15, 0.2) is 48.5 Å². The van der Waals surface area contributed by atoms with Crippen LogP contribution in [0.1, 0.15) is 5.56 Å². The highest BCUT2D eigenvalue weighted by atomic mass is 16.5.